The molecule has 0 spiro atoms. The van der Waals surface area contributed by atoms with Gasteiger partial charge in [0.05, 0.1) is 24.8 Å². The summed E-state index contributed by atoms with van der Waals surface area (Å²) in [6, 6.07) is 7.57. The molecule has 2 aliphatic heterocycles. The Labute approximate surface area is 157 Å². The lowest BCUT2D eigenvalue weighted by molar-refractivity contribution is -0.157. The fraction of sp³-hybridized carbons (Fsp3) is 0.500. The van der Waals surface area contributed by atoms with Crippen LogP contribution in [0.15, 0.2) is 28.7 Å². The highest BCUT2D eigenvalue weighted by Crippen LogP contribution is 2.43. The first-order valence-corrected chi connectivity index (χ1v) is 9.16. The summed E-state index contributed by atoms with van der Waals surface area (Å²) in [5, 5.41) is 9.81. The van der Waals surface area contributed by atoms with E-state index in [9.17, 15) is 9.90 Å². The van der Waals surface area contributed by atoms with Crippen molar-refractivity contribution in [3.63, 3.8) is 0 Å². The molecule has 0 unspecified atom stereocenters. The number of likely N-dealkylation sites (tertiary alicyclic amines) is 1. The number of hydrogen-bond donors (Lipinski definition) is 1. The zero-order valence-electron chi connectivity index (χ0n) is 15.6. The molecular formula is C20H24N2O5. The minimum absolute atomic E-state index is 0.0250. The number of rotatable bonds is 5. The summed E-state index contributed by atoms with van der Waals surface area (Å²) in [5.41, 5.74) is 1.03. The monoisotopic (exact) mass is 372 g/mol. The maximum absolute atomic E-state index is 11.9. The van der Waals surface area contributed by atoms with Crippen molar-refractivity contribution in [2.24, 2.45) is 11.3 Å². The third-order valence-corrected chi connectivity index (χ3v) is 5.81. The van der Waals surface area contributed by atoms with Gasteiger partial charge in [0.2, 0.25) is 5.89 Å². The molecule has 144 valence electrons. The first-order chi connectivity index (χ1) is 13.0. The molecule has 1 N–H and O–H groups in total. The number of methoxy groups -OCH3 is 1. The van der Waals surface area contributed by atoms with Crippen LogP contribution in [0.25, 0.3) is 11.5 Å². The molecule has 2 aromatic rings. The topological polar surface area (TPSA) is 85.0 Å². The Bertz CT molecular complexity index is 831. The maximum atomic E-state index is 11.9. The molecule has 2 aliphatic rings. The van der Waals surface area contributed by atoms with Crippen LogP contribution in [-0.2, 0) is 16.1 Å². The number of aromatic nitrogens is 1. The van der Waals surface area contributed by atoms with Gasteiger partial charge in [0.1, 0.15) is 11.5 Å². The number of benzene rings is 1. The van der Waals surface area contributed by atoms with E-state index in [1.54, 1.807) is 7.11 Å². The van der Waals surface area contributed by atoms with Crippen molar-refractivity contribution in [2.75, 3.05) is 33.4 Å². The second-order valence-corrected chi connectivity index (χ2v) is 7.40. The third kappa shape index (κ3) is 3.21. The summed E-state index contributed by atoms with van der Waals surface area (Å²) < 4.78 is 16.6. The number of ether oxygens (including phenoxy) is 2. The zero-order chi connectivity index (χ0) is 19.0. The van der Waals surface area contributed by atoms with Crippen molar-refractivity contribution in [3.8, 4) is 17.2 Å². The van der Waals surface area contributed by atoms with Crippen LogP contribution in [-0.4, -0.2) is 54.4 Å². The molecule has 1 aromatic heterocycles. The number of hydrogen-bond acceptors (Lipinski definition) is 6. The van der Waals surface area contributed by atoms with Crippen LogP contribution in [0.5, 0.6) is 5.75 Å². The SMILES string of the molecule is COc1ccc(-c2nc(CN3C[C@@H]4COCC[C@]4(C(=O)O)C3)c(C)o2)cc1. The Kier molecular flexibility index (Phi) is 4.65. The van der Waals surface area contributed by atoms with Crippen LogP contribution in [0, 0.1) is 18.3 Å². The van der Waals surface area contributed by atoms with Crippen molar-refractivity contribution in [1.29, 1.82) is 0 Å². The van der Waals surface area contributed by atoms with Gasteiger partial charge >= 0.3 is 5.97 Å². The van der Waals surface area contributed by atoms with Gasteiger partial charge in [-0.3, -0.25) is 9.69 Å². The molecule has 3 heterocycles. The molecule has 2 atom stereocenters. The van der Waals surface area contributed by atoms with Gasteiger partial charge in [0.15, 0.2) is 0 Å². The number of carbonyl (C=O) groups is 1. The number of aliphatic carboxylic acids is 1. The molecule has 0 saturated carbocycles. The van der Waals surface area contributed by atoms with Gasteiger partial charge in [-0.2, -0.15) is 0 Å². The van der Waals surface area contributed by atoms with Crippen LogP contribution in [0.4, 0.5) is 0 Å². The summed E-state index contributed by atoms with van der Waals surface area (Å²) in [6.07, 6.45) is 0.568. The number of nitrogens with zero attached hydrogens (tertiary/aromatic N) is 2. The Balaban J connectivity index is 1.52. The fourth-order valence-corrected chi connectivity index (χ4v) is 4.17. The highest BCUT2D eigenvalue weighted by molar-refractivity contribution is 5.76. The van der Waals surface area contributed by atoms with Crippen LogP contribution in [0.2, 0.25) is 0 Å². The average Bonchev–Trinajstić information content (AvgIpc) is 3.23. The van der Waals surface area contributed by atoms with Gasteiger partial charge in [-0.15, -0.1) is 0 Å². The van der Waals surface area contributed by atoms with Gasteiger partial charge in [-0.05, 0) is 37.6 Å². The van der Waals surface area contributed by atoms with E-state index in [1.807, 2.05) is 31.2 Å². The second-order valence-electron chi connectivity index (χ2n) is 7.40. The Morgan fingerprint density at radius 2 is 2.19 bits per heavy atom. The maximum Gasteiger partial charge on any atom is 0.311 e. The third-order valence-electron chi connectivity index (χ3n) is 5.81. The van der Waals surface area contributed by atoms with E-state index in [2.05, 4.69) is 9.88 Å². The molecule has 0 radical (unpaired) electrons. The number of aryl methyl sites for hydroxylation is 1. The second kappa shape index (κ2) is 6.98. The van der Waals surface area contributed by atoms with Crippen molar-refractivity contribution < 1.29 is 23.8 Å². The molecule has 27 heavy (non-hydrogen) atoms. The van der Waals surface area contributed by atoms with Crippen LogP contribution in [0.1, 0.15) is 17.9 Å². The van der Waals surface area contributed by atoms with Crippen molar-refractivity contribution in [3.05, 3.63) is 35.7 Å². The van der Waals surface area contributed by atoms with Crippen molar-refractivity contribution >= 4 is 5.97 Å². The summed E-state index contributed by atoms with van der Waals surface area (Å²) >= 11 is 0. The lowest BCUT2D eigenvalue weighted by Gasteiger charge is -2.34. The number of oxazole rings is 1. The van der Waals surface area contributed by atoms with E-state index in [0.717, 1.165) is 22.8 Å². The molecule has 4 rings (SSSR count). The van der Waals surface area contributed by atoms with E-state index in [0.29, 0.717) is 45.2 Å². The Morgan fingerprint density at radius 1 is 1.41 bits per heavy atom. The Morgan fingerprint density at radius 3 is 2.85 bits per heavy atom. The standard InChI is InChI=1S/C20H24N2O5/c1-13-17(21-18(27-13)14-3-5-16(25-2)6-4-14)10-22-9-15-11-26-8-7-20(15,12-22)19(23)24/h3-6,15H,7-12H2,1-2H3,(H,23,24)/t15-,20+/m1/s1. The minimum Gasteiger partial charge on any atom is -0.497 e. The van der Waals surface area contributed by atoms with Crippen molar-refractivity contribution in [1.82, 2.24) is 9.88 Å². The largest absolute Gasteiger partial charge is 0.497 e. The number of carboxylic acid groups (broad SMARTS) is 1. The molecular weight excluding hydrogens is 348 g/mol. The molecule has 0 aliphatic carbocycles. The van der Waals surface area contributed by atoms with Crippen molar-refractivity contribution in [2.45, 2.75) is 19.9 Å². The van der Waals surface area contributed by atoms with E-state index in [1.165, 1.54) is 0 Å². The summed E-state index contributed by atoms with van der Waals surface area (Å²) in [6.45, 7) is 4.74. The van der Waals surface area contributed by atoms with E-state index in [4.69, 9.17) is 13.9 Å². The van der Waals surface area contributed by atoms with Crippen LogP contribution < -0.4 is 4.74 Å². The summed E-state index contributed by atoms with van der Waals surface area (Å²) in [7, 11) is 1.63. The van der Waals surface area contributed by atoms with Crippen LogP contribution >= 0.6 is 0 Å². The summed E-state index contributed by atoms with van der Waals surface area (Å²) in [4.78, 5) is 18.8. The van der Waals surface area contributed by atoms with E-state index < -0.39 is 11.4 Å². The zero-order valence-corrected chi connectivity index (χ0v) is 15.6. The minimum atomic E-state index is -0.714. The predicted octanol–water partition coefficient (Wildman–Crippen LogP) is 2.58. The molecule has 0 bridgehead atoms. The summed E-state index contributed by atoms with van der Waals surface area (Å²) in [5.74, 6) is 1.42. The number of carboxylic acids is 1. The molecule has 2 fully saturated rings. The van der Waals surface area contributed by atoms with Gasteiger partial charge in [-0.25, -0.2) is 4.98 Å². The average molecular weight is 372 g/mol. The molecule has 0 amide bonds. The Hall–Kier alpha value is -2.38. The molecule has 2 saturated heterocycles. The lowest BCUT2D eigenvalue weighted by atomic mass is 9.74. The molecule has 1 aromatic carbocycles. The number of fused-ring (bicyclic) bond motifs is 1. The highest BCUT2D eigenvalue weighted by atomic mass is 16.5. The van der Waals surface area contributed by atoms with Gasteiger partial charge in [0, 0.05) is 37.7 Å². The predicted molar refractivity (Wildman–Crippen MR) is 97.5 cm³/mol. The van der Waals surface area contributed by atoms with E-state index >= 15 is 0 Å². The molecule has 7 nitrogen and oxygen atoms in total. The lowest BCUT2D eigenvalue weighted by Crippen LogP contribution is -2.44. The molecule has 7 heteroatoms. The smallest absolute Gasteiger partial charge is 0.311 e. The highest BCUT2D eigenvalue weighted by Gasteiger charge is 2.53. The van der Waals surface area contributed by atoms with E-state index in [-0.39, 0.29) is 5.92 Å². The van der Waals surface area contributed by atoms with Gasteiger partial charge in [-0.1, -0.05) is 0 Å². The fourth-order valence-electron chi connectivity index (χ4n) is 4.17. The van der Waals surface area contributed by atoms with Gasteiger partial charge < -0.3 is 19.0 Å². The van der Waals surface area contributed by atoms with Gasteiger partial charge in [0.25, 0.3) is 0 Å². The van der Waals surface area contributed by atoms with Crippen LogP contribution in [0.3, 0.4) is 0 Å². The normalized spacial score (nSPS) is 25.3. The first kappa shape index (κ1) is 18.0. The quantitative estimate of drug-likeness (QED) is 0.863. The first-order valence-electron chi connectivity index (χ1n) is 9.16.